The molecule has 0 radical (unpaired) electrons. The molecular formula is C9H11ClN2O2. The maximum atomic E-state index is 6.00. The zero-order chi connectivity index (χ0) is 10.3. The number of nitrogens with zero attached hydrogens (tertiary/aromatic N) is 2. The lowest BCUT2D eigenvalue weighted by molar-refractivity contribution is -0.155. The Morgan fingerprint density at radius 1 is 1.64 bits per heavy atom. The van der Waals surface area contributed by atoms with Crippen LogP contribution in [0.2, 0.25) is 5.02 Å². The summed E-state index contributed by atoms with van der Waals surface area (Å²) in [7, 11) is 3.42. The minimum Gasteiger partial charge on any atom is -0.465 e. The number of hydrogen-bond donors (Lipinski definition) is 0. The molecule has 2 rings (SSSR count). The van der Waals surface area contributed by atoms with E-state index in [1.54, 1.807) is 24.3 Å². The quantitative estimate of drug-likeness (QED) is 0.754. The molecule has 1 aromatic heterocycles. The molecule has 5 heteroatoms. The summed E-state index contributed by atoms with van der Waals surface area (Å²) in [5.41, 5.74) is 1.74. The highest BCUT2D eigenvalue weighted by Gasteiger charge is 2.41. The van der Waals surface area contributed by atoms with Crippen molar-refractivity contribution in [3.8, 4) is 0 Å². The van der Waals surface area contributed by atoms with Gasteiger partial charge in [-0.15, -0.1) is 0 Å². The Morgan fingerprint density at radius 2 is 2.36 bits per heavy atom. The summed E-state index contributed by atoms with van der Waals surface area (Å²) in [5.74, 6) is -0.697. The zero-order valence-electron chi connectivity index (χ0n) is 8.24. The van der Waals surface area contributed by atoms with E-state index in [9.17, 15) is 0 Å². The van der Waals surface area contributed by atoms with E-state index in [4.69, 9.17) is 21.1 Å². The molecule has 0 spiro atoms. The molecule has 1 aliphatic heterocycles. The van der Waals surface area contributed by atoms with E-state index in [2.05, 4.69) is 5.10 Å². The number of aryl methyl sites for hydroxylation is 1. The molecule has 0 amide bonds. The second-order valence-electron chi connectivity index (χ2n) is 3.26. The first-order valence-corrected chi connectivity index (χ1v) is 4.58. The van der Waals surface area contributed by atoms with Crippen molar-refractivity contribution >= 4 is 17.2 Å². The molecule has 0 aliphatic carbocycles. The SMILES string of the molecule is COC1(C)OC=C1c1c(Cl)cnn1C. The molecular weight excluding hydrogens is 204 g/mol. The van der Waals surface area contributed by atoms with E-state index in [1.165, 1.54) is 0 Å². The monoisotopic (exact) mass is 214 g/mol. The largest absolute Gasteiger partial charge is 0.465 e. The molecule has 1 unspecified atom stereocenters. The van der Waals surface area contributed by atoms with Gasteiger partial charge >= 0.3 is 0 Å². The smallest absolute Gasteiger partial charge is 0.238 e. The number of hydrogen-bond acceptors (Lipinski definition) is 3. The van der Waals surface area contributed by atoms with Gasteiger partial charge in [0.05, 0.1) is 28.7 Å². The van der Waals surface area contributed by atoms with Crippen molar-refractivity contribution in [1.82, 2.24) is 9.78 Å². The topological polar surface area (TPSA) is 36.3 Å². The molecule has 4 nitrogen and oxygen atoms in total. The average Bonchev–Trinajstić information content (AvgIpc) is 2.47. The maximum Gasteiger partial charge on any atom is 0.238 e. The average molecular weight is 215 g/mol. The molecule has 0 saturated carbocycles. The second-order valence-corrected chi connectivity index (χ2v) is 3.67. The van der Waals surface area contributed by atoms with E-state index >= 15 is 0 Å². The number of methoxy groups -OCH3 is 1. The van der Waals surface area contributed by atoms with Gasteiger partial charge in [-0.25, -0.2) is 0 Å². The van der Waals surface area contributed by atoms with Gasteiger partial charge in [0.15, 0.2) is 0 Å². The van der Waals surface area contributed by atoms with E-state index in [1.807, 2.05) is 14.0 Å². The van der Waals surface area contributed by atoms with Gasteiger partial charge < -0.3 is 9.47 Å². The summed E-state index contributed by atoms with van der Waals surface area (Å²) in [5, 5.41) is 4.65. The Balaban J connectivity index is 2.43. The zero-order valence-corrected chi connectivity index (χ0v) is 9.00. The molecule has 0 fully saturated rings. The van der Waals surface area contributed by atoms with Crippen LogP contribution < -0.4 is 0 Å². The molecule has 2 heterocycles. The maximum absolute atomic E-state index is 6.00. The lowest BCUT2D eigenvalue weighted by Gasteiger charge is -2.37. The fourth-order valence-electron chi connectivity index (χ4n) is 1.43. The Labute approximate surface area is 87.1 Å². The predicted octanol–water partition coefficient (Wildman–Crippen LogP) is 1.81. The van der Waals surface area contributed by atoms with Crippen molar-refractivity contribution in [2.45, 2.75) is 12.7 Å². The molecule has 14 heavy (non-hydrogen) atoms. The number of rotatable bonds is 2. The third kappa shape index (κ3) is 1.14. The van der Waals surface area contributed by atoms with Crippen molar-refractivity contribution in [3.05, 3.63) is 23.2 Å². The van der Waals surface area contributed by atoms with Crippen LogP contribution in [0.25, 0.3) is 5.57 Å². The molecule has 76 valence electrons. The van der Waals surface area contributed by atoms with Gasteiger partial charge in [-0.1, -0.05) is 11.6 Å². The van der Waals surface area contributed by atoms with Gasteiger partial charge in [0.1, 0.15) is 0 Å². The van der Waals surface area contributed by atoms with E-state index in [0.717, 1.165) is 11.3 Å². The highest BCUT2D eigenvalue weighted by atomic mass is 35.5. The van der Waals surface area contributed by atoms with Gasteiger partial charge in [-0.3, -0.25) is 4.68 Å². The molecule has 1 atom stereocenters. The normalized spacial score (nSPS) is 25.3. The van der Waals surface area contributed by atoms with Gasteiger partial charge in [0, 0.05) is 21.1 Å². The molecule has 1 aliphatic rings. The van der Waals surface area contributed by atoms with Crippen LogP contribution in [0.4, 0.5) is 0 Å². The Bertz CT molecular complexity index is 380. The Hall–Kier alpha value is -1.00. The summed E-state index contributed by atoms with van der Waals surface area (Å²) in [6.45, 7) is 1.84. The van der Waals surface area contributed by atoms with Crippen LogP contribution in [0.5, 0.6) is 0 Å². The van der Waals surface area contributed by atoms with Crippen LogP contribution in [0.3, 0.4) is 0 Å². The number of halogens is 1. The number of ether oxygens (including phenoxy) is 2. The third-order valence-corrected chi connectivity index (χ3v) is 2.71. The van der Waals surface area contributed by atoms with E-state index in [-0.39, 0.29) is 0 Å². The first-order chi connectivity index (χ1) is 6.58. The van der Waals surface area contributed by atoms with Gasteiger partial charge in [0.25, 0.3) is 0 Å². The van der Waals surface area contributed by atoms with Crippen molar-refractivity contribution in [2.75, 3.05) is 7.11 Å². The Kier molecular flexibility index (Phi) is 2.05. The van der Waals surface area contributed by atoms with Gasteiger partial charge in [0.2, 0.25) is 5.79 Å². The first-order valence-electron chi connectivity index (χ1n) is 4.20. The summed E-state index contributed by atoms with van der Waals surface area (Å²) >= 11 is 6.00. The van der Waals surface area contributed by atoms with E-state index < -0.39 is 5.79 Å². The summed E-state index contributed by atoms with van der Waals surface area (Å²) in [6, 6.07) is 0. The minimum atomic E-state index is -0.697. The summed E-state index contributed by atoms with van der Waals surface area (Å²) in [6.07, 6.45) is 3.23. The standard InChI is InChI=1S/C9H11ClN2O2/c1-9(13-3)6(5-14-9)8-7(10)4-11-12(8)2/h4-5H,1-3H3. The fraction of sp³-hybridized carbons (Fsp3) is 0.444. The Morgan fingerprint density at radius 3 is 2.71 bits per heavy atom. The van der Waals surface area contributed by atoms with Crippen LogP contribution in [0, 0.1) is 0 Å². The van der Waals surface area contributed by atoms with Crippen molar-refractivity contribution in [3.63, 3.8) is 0 Å². The van der Waals surface area contributed by atoms with Crippen molar-refractivity contribution < 1.29 is 9.47 Å². The highest BCUT2D eigenvalue weighted by Crippen LogP contribution is 2.41. The van der Waals surface area contributed by atoms with Crippen LogP contribution in [0.15, 0.2) is 12.5 Å². The fourth-order valence-corrected chi connectivity index (χ4v) is 1.69. The van der Waals surface area contributed by atoms with Crippen molar-refractivity contribution in [2.24, 2.45) is 7.05 Å². The molecule has 1 aromatic rings. The minimum absolute atomic E-state index is 0.602. The first kappa shape index (κ1) is 9.55. The van der Waals surface area contributed by atoms with Crippen LogP contribution >= 0.6 is 11.6 Å². The third-order valence-electron chi connectivity index (χ3n) is 2.43. The van der Waals surface area contributed by atoms with Crippen LogP contribution in [-0.2, 0) is 16.5 Å². The van der Waals surface area contributed by atoms with Crippen LogP contribution in [0.1, 0.15) is 12.6 Å². The lowest BCUT2D eigenvalue weighted by atomic mass is 10.0. The lowest BCUT2D eigenvalue weighted by Crippen LogP contribution is -2.38. The molecule has 0 saturated heterocycles. The summed E-state index contributed by atoms with van der Waals surface area (Å²) in [4.78, 5) is 0. The van der Waals surface area contributed by atoms with Gasteiger partial charge in [-0.05, 0) is 0 Å². The molecule has 0 N–H and O–H groups in total. The van der Waals surface area contributed by atoms with Crippen molar-refractivity contribution in [1.29, 1.82) is 0 Å². The molecule has 0 bridgehead atoms. The number of aromatic nitrogens is 2. The highest BCUT2D eigenvalue weighted by molar-refractivity contribution is 6.32. The predicted molar refractivity (Wildman–Crippen MR) is 52.7 cm³/mol. The van der Waals surface area contributed by atoms with E-state index in [0.29, 0.717) is 5.02 Å². The van der Waals surface area contributed by atoms with Crippen LogP contribution in [-0.4, -0.2) is 22.7 Å². The summed E-state index contributed by atoms with van der Waals surface area (Å²) < 4.78 is 12.2. The van der Waals surface area contributed by atoms with Gasteiger partial charge in [-0.2, -0.15) is 5.10 Å². The molecule has 0 aromatic carbocycles. The second kappa shape index (κ2) is 3.00.